The summed E-state index contributed by atoms with van der Waals surface area (Å²) in [7, 11) is 4.77. The zero-order valence-electron chi connectivity index (χ0n) is 29.0. The van der Waals surface area contributed by atoms with Gasteiger partial charge < -0.3 is 37.5 Å². The van der Waals surface area contributed by atoms with E-state index in [1.54, 1.807) is 28.4 Å². The minimum atomic E-state index is -1.85. The van der Waals surface area contributed by atoms with Crippen molar-refractivity contribution in [2.24, 2.45) is 0 Å². The summed E-state index contributed by atoms with van der Waals surface area (Å²) in [5, 5.41) is 0.888. The summed E-state index contributed by atoms with van der Waals surface area (Å²) in [6, 6.07) is 41.8. The van der Waals surface area contributed by atoms with Gasteiger partial charge in [-0.15, -0.1) is 0 Å². The number of methoxy groups -OCH3 is 4. The molecule has 2 aliphatic rings. The first-order valence-electron chi connectivity index (χ1n) is 16.4. The fourth-order valence-electron chi connectivity index (χ4n) is 6.95. The van der Waals surface area contributed by atoms with Gasteiger partial charge >= 0.3 is 0 Å². The quantitative estimate of drug-likeness (QED) is 0.144. The average Bonchev–Trinajstić information content (AvgIpc) is 3.45. The van der Waals surface area contributed by atoms with Crippen LogP contribution in [0.15, 0.2) is 127 Å². The van der Waals surface area contributed by atoms with E-state index in [4.69, 9.17) is 37.5 Å². The third-order valence-corrected chi connectivity index (χ3v) is 11.0. The van der Waals surface area contributed by atoms with E-state index in [9.17, 15) is 0 Å². The van der Waals surface area contributed by atoms with E-state index in [-0.39, 0.29) is 0 Å². The maximum absolute atomic E-state index is 7.61. The number of benzene rings is 5. The van der Waals surface area contributed by atoms with E-state index in [0.717, 1.165) is 50.6 Å². The Balaban J connectivity index is 1.58. The second-order valence-electron chi connectivity index (χ2n) is 12.6. The first-order chi connectivity index (χ1) is 24.3. The molecule has 5 aromatic carbocycles. The maximum Gasteiger partial charge on any atom is 0.207 e. The van der Waals surface area contributed by atoms with Crippen molar-refractivity contribution < 1.29 is 37.5 Å². The molecule has 0 unspecified atom stereocenters. The van der Waals surface area contributed by atoms with Crippen LogP contribution in [-0.4, -0.2) is 46.4 Å². The maximum atomic E-state index is 7.61. The minimum Gasteiger partial charge on any atom is -0.497 e. The predicted molar refractivity (Wildman–Crippen MR) is 193 cm³/mol. The normalized spacial score (nSPS) is 20.7. The molecule has 7 rings (SSSR count). The van der Waals surface area contributed by atoms with E-state index in [2.05, 4.69) is 0 Å². The van der Waals surface area contributed by atoms with Crippen LogP contribution in [0.1, 0.15) is 36.1 Å². The minimum absolute atomic E-state index is 0.722. The van der Waals surface area contributed by atoms with Crippen LogP contribution in [0.25, 0.3) is 0 Å². The fourth-order valence-corrected chi connectivity index (χ4v) is 8.77. The number of ether oxygens (including phenoxy) is 6. The Morgan fingerprint density at radius 3 is 1.02 bits per heavy atom. The summed E-state index contributed by atoms with van der Waals surface area (Å²) >= 11 is 0. The summed E-state index contributed by atoms with van der Waals surface area (Å²) in [4.78, 5) is 0. The van der Waals surface area contributed by atoms with Crippen molar-refractivity contribution in [3.05, 3.63) is 150 Å². The Hall–Kier alpha value is -4.43. The molecule has 0 radical (unpaired) electrons. The van der Waals surface area contributed by atoms with Gasteiger partial charge in [0.05, 0.1) is 28.4 Å². The van der Waals surface area contributed by atoms with Crippen molar-refractivity contribution >= 4 is 13.7 Å². The summed E-state index contributed by atoms with van der Waals surface area (Å²) in [5.74, 6) is 1.86. The van der Waals surface area contributed by atoms with Gasteiger partial charge in [0.15, 0.2) is 17.0 Å². The van der Waals surface area contributed by atoms with E-state index in [0.29, 0.717) is 0 Å². The molecule has 0 aromatic heterocycles. The highest BCUT2D eigenvalue weighted by Gasteiger charge is 2.67. The number of hydrogen-bond acceptors (Lipinski definition) is 8. The van der Waals surface area contributed by atoms with Crippen LogP contribution >= 0.6 is 8.38 Å². The molecule has 50 heavy (non-hydrogen) atoms. The predicted octanol–water partition coefficient (Wildman–Crippen LogP) is 8.11. The summed E-state index contributed by atoms with van der Waals surface area (Å²) in [6.07, 6.45) is -1.47. The Morgan fingerprint density at radius 2 is 0.740 bits per heavy atom. The van der Waals surface area contributed by atoms with Gasteiger partial charge in [-0.2, -0.15) is 0 Å². The van der Waals surface area contributed by atoms with Crippen molar-refractivity contribution in [1.82, 2.24) is 0 Å². The van der Waals surface area contributed by atoms with Crippen LogP contribution in [0, 0.1) is 0 Å². The Morgan fingerprint density at radius 1 is 0.440 bits per heavy atom. The molecule has 2 aliphatic heterocycles. The smallest absolute Gasteiger partial charge is 0.207 e. The molecule has 5 aromatic rings. The van der Waals surface area contributed by atoms with Gasteiger partial charge in [-0.3, -0.25) is 0 Å². The van der Waals surface area contributed by atoms with Crippen molar-refractivity contribution in [3.8, 4) is 23.0 Å². The molecule has 0 bridgehead atoms. The van der Waals surface area contributed by atoms with Crippen LogP contribution in [0.3, 0.4) is 0 Å². The molecule has 0 spiro atoms. The van der Waals surface area contributed by atoms with Crippen LogP contribution in [-0.2, 0) is 29.7 Å². The highest BCUT2D eigenvalue weighted by molar-refractivity contribution is 7.56. The molecule has 0 saturated carbocycles. The molecule has 2 heterocycles. The lowest BCUT2D eigenvalue weighted by Crippen LogP contribution is -2.53. The van der Waals surface area contributed by atoms with Crippen LogP contribution in [0.4, 0.5) is 0 Å². The lowest BCUT2D eigenvalue weighted by atomic mass is 9.72. The van der Waals surface area contributed by atoms with E-state index >= 15 is 0 Å². The molecule has 0 amide bonds. The van der Waals surface area contributed by atoms with Crippen molar-refractivity contribution in [2.75, 3.05) is 28.4 Å². The number of rotatable bonds is 9. The van der Waals surface area contributed by atoms with Crippen molar-refractivity contribution in [2.45, 2.75) is 43.0 Å². The summed E-state index contributed by atoms with van der Waals surface area (Å²) in [5.41, 5.74) is 0.941. The lowest BCUT2D eigenvalue weighted by Gasteiger charge is -2.42. The van der Waals surface area contributed by atoms with Gasteiger partial charge in [0.1, 0.15) is 35.2 Å². The van der Waals surface area contributed by atoms with E-state index in [1.807, 2.05) is 141 Å². The summed E-state index contributed by atoms with van der Waals surface area (Å²) in [6.45, 7) is 3.86. The zero-order valence-corrected chi connectivity index (χ0v) is 29.9. The lowest BCUT2D eigenvalue weighted by molar-refractivity contribution is -0.173. The highest BCUT2D eigenvalue weighted by Crippen LogP contribution is 2.64. The standard InChI is InChI=1S/C41H41O8P/c1-39(2)46-37-38(47-39)41(30-16-24-34(44-5)25-17-30,31-18-26-35(45-6)27-19-31)49-50(36-10-8-7-9-11-36)48-40(37,28-12-20-32(42-3)21-13-28)29-14-22-33(43-4)23-15-29/h7-27,37-38H,1-6H3/t37-,38-/m1/s1. The number of fused-ring (bicyclic) bond motifs is 1. The molecule has 2 fully saturated rings. The molecule has 8 nitrogen and oxygen atoms in total. The Kier molecular flexibility index (Phi) is 9.33. The first kappa shape index (κ1) is 34.0. The van der Waals surface area contributed by atoms with Gasteiger partial charge in [0.2, 0.25) is 8.38 Å². The Labute approximate surface area is 294 Å². The Bertz CT molecular complexity index is 1660. The molecule has 2 atom stereocenters. The third kappa shape index (κ3) is 5.91. The van der Waals surface area contributed by atoms with Crippen molar-refractivity contribution in [3.63, 3.8) is 0 Å². The largest absolute Gasteiger partial charge is 0.497 e. The van der Waals surface area contributed by atoms with E-state index in [1.165, 1.54) is 0 Å². The first-order valence-corrected chi connectivity index (χ1v) is 17.6. The van der Waals surface area contributed by atoms with Crippen LogP contribution in [0.5, 0.6) is 23.0 Å². The van der Waals surface area contributed by atoms with E-state index < -0.39 is 37.6 Å². The fraction of sp³-hybridized carbons (Fsp3) is 0.268. The van der Waals surface area contributed by atoms with Gasteiger partial charge in [-0.25, -0.2) is 0 Å². The number of hydrogen-bond donors (Lipinski definition) is 0. The van der Waals surface area contributed by atoms with Gasteiger partial charge in [-0.1, -0.05) is 66.7 Å². The van der Waals surface area contributed by atoms with Gasteiger partial charge in [0.25, 0.3) is 0 Å². The summed E-state index contributed by atoms with van der Waals surface area (Å²) < 4.78 is 51.8. The highest BCUT2D eigenvalue weighted by atomic mass is 31.2. The van der Waals surface area contributed by atoms with Gasteiger partial charge in [-0.05, 0) is 96.8 Å². The van der Waals surface area contributed by atoms with Gasteiger partial charge in [0, 0.05) is 5.30 Å². The molecule has 258 valence electrons. The monoisotopic (exact) mass is 692 g/mol. The second-order valence-corrected chi connectivity index (χ2v) is 14.0. The topological polar surface area (TPSA) is 73.8 Å². The third-order valence-electron chi connectivity index (χ3n) is 9.39. The molecular weight excluding hydrogens is 651 g/mol. The average molecular weight is 693 g/mol. The zero-order chi connectivity index (χ0) is 34.9. The van der Waals surface area contributed by atoms with Crippen LogP contribution < -0.4 is 24.3 Å². The molecule has 9 heteroatoms. The SMILES string of the molecule is COc1ccc(C2(c3ccc(OC)cc3)OP(c3ccccc3)OC(c3ccc(OC)cc3)(c3ccc(OC)cc3)[C@@H]3OC(C)(C)O[C@H]32)cc1. The molecule has 0 aliphatic carbocycles. The molecule has 2 saturated heterocycles. The molecule has 0 N–H and O–H groups in total. The van der Waals surface area contributed by atoms with Crippen molar-refractivity contribution in [1.29, 1.82) is 0 Å². The second kappa shape index (κ2) is 13.7. The molecular formula is C41H41O8P. The van der Waals surface area contributed by atoms with Crippen LogP contribution in [0.2, 0.25) is 0 Å².